The monoisotopic (exact) mass is 601 g/mol. The molecular formula is C27H37F6N9. The van der Waals surface area contributed by atoms with Crippen molar-refractivity contribution >= 4 is 23.3 Å². The zero-order chi connectivity index (χ0) is 32.0. The number of nitrogens with one attached hydrogen (secondary N) is 4. The van der Waals surface area contributed by atoms with E-state index < -0.39 is 30.0 Å². The fourth-order valence-electron chi connectivity index (χ4n) is 4.32. The number of hydrogen-bond donors (Lipinski definition) is 4. The standard InChI is InChI=1S/C27H37F6N9/c1-8-41(15-25(3,4)5)23-18(11-21(16(2)34)22(36-6)38-23)14-42(24(39-35)40-37-7)13-17-9-19(26(28,29)30)12-20(10-17)27(31,32)33/h9-12,34-35,37H,8,13-15H2,1-7H3,(H,36,38)/b34-16?,39-35?,40-24+. The van der Waals surface area contributed by atoms with Crippen molar-refractivity contribution in [3.63, 3.8) is 0 Å². The Balaban J connectivity index is 2.79. The third-order valence-corrected chi connectivity index (χ3v) is 6.04. The summed E-state index contributed by atoms with van der Waals surface area (Å²) in [4.78, 5) is 8.05. The summed E-state index contributed by atoms with van der Waals surface area (Å²) in [6, 6.07) is 3.03. The lowest BCUT2D eigenvalue weighted by atomic mass is 9.95. The van der Waals surface area contributed by atoms with Gasteiger partial charge in [-0.1, -0.05) is 20.8 Å². The second-order valence-electron chi connectivity index (χ2n) is 10.8. The van der Waals surface area contributed by atoms with Crippen LogP contribution in [-0.4, -0.2) is 48.7 Å². The van der Waals surface area contributed by atoms with E-state index in [9.17, 15) is 26.3 Å². The quantitative estimate of drug-likeness (QED) is 0.0774. The summed E-state index contributed by atoms with van der Waals surface area (Å²) >= 11 is 0. The number of aromatic nitrogens is 1. The lowest BCUT2D eigenvalue weighted by Gasteiger charge is -2.33. The van der Waals surface area contributed by atoms with E-state index in [1.165, 1.54) is 11.9 Å². The molecule has 0 aliphatic rings. The molecule has 1 heterocycles. The third kappa shape index (κ3) is 9.05. The van der Waals surface area contributed by atoms with Crippen molar-refractivity contribution in [2.24, 2.45) is 15.6 Å². The summed E-state index contributed by atoms with van der Waals surface area (Å²) in [6.45, 7) is 10.1. The maximum atomic E-state index is 13.6. The highest BCUT2D eigenvalue weighted by Crippen LogP contribution is 2.37. The predicted octanol–water partition coefficient (Wildman–Crippen LogP) is 6.94. The van der Waals surface area contributed by atoms with Gasteiger partial charge in [-0.15, -0.1) is 10.2 Å². The minimum atomic E-state index is -5.02. The molecule has 0 atom stereocenters. The number of anilines is 2. The predicted molar refractivity (Wildman–Crippen MR) is 151 cm³/mol. The van der Waals surface area contributed by atoms with Crippen LogP contribution in [0.1, 0.15) is 62.4 Å². The van der Waals surface area contributed by atoms with Crippen LogP contribution >= 0.6 is 0 Å². The van der Waals surface area contributed by atoms with Crippen molar-refractivity contribution < 1.29 is 26.3 Å². The number of guanidine groups is 1. The van der Waals surface area contributed by atoms with Crippen LogP contribution in [0.5, 0.6) is 0 Å². The van der Waals surface area contributed by atoms with Gasteiger partial charge in [0.25, 0.3) is 5.96 Å². The number of halogens is 6. The Morgan fingerprint density at radius 3 is 1.93 bits per heavy atom. The van der Waals surface area contributed by atoms with Crippen molar-refractivity contribution in [3.8, 4) is 0 Å². The molecule has 9 nitrogen and oxygen atoms in total. The van der Waals surface area contributed by atoms with Gasteiger partial charge in [0.15, 0.2) is 0 Å². The molecule has 0 spiro atoms. The number of hydrogen-bond acceptors (Lipinski definition) is 7. The lowest BCUT2D eigenvalue weighted by Crippen LogP contribution is -2.36. The Labute approximate surface area is 241 Å². The van der Waals surface area contributed by atoms with Gasteiger partial charge in [-0.05, 0) is 49.1 Å². The van der Waals surface area contributed by atoms with E-state index in [2.05, 4.69) is 21.0 Å². The first kappa shape index (κ1) is 34.3. The number of benzene rings is 1. The molecule has 1 aromatic carbocycles. The van der Waals surface area contributed by atoms with Gasteiger partial charge in [0, 0.05) is 57.1 Å². The Bertz CT molecular complexity index is 1260. The van der Waals surface area contributed by atoms with Gasteiger partial charge in [-0.25, -0.2) is 10.5 Å². The zero-order valence-electron chi connectivity index (χ0n) is 24.6. The fourth-order valence-corrected chi connectivity index (χ4v) is 4.32. The first-order chi connectivity index (χ1) is 19.3. The van der Waals surface area contributed by atoms with Crippen LogP contribution in [0, 0.1) is 16.4 Å². The smallest absolute Gasteiger partial charge is 0.373 e. The Hall–Kier alpha value is -3.91. The molecule has 1 aromatic heterocycles. The molecule has 15 heteroatoms. The average molecular weight is 602 g/mol. The number of nitrogens with zero attached hydrogens (tertiary/aromatic N) is 5. The van der Waals surface area contributed by atoms with E-state index in [0.717, 1.165) is 0 Å². The zero-order valence-corrected chi connectivity index (χ0v) is 24.6. The van der Waals surface area contributed by atoms with Crippen LogP contribution < -0.4 is 15.6 Å². The first-order valence-electron chi connectivity index (χ1n) is 13.0. The minimum Gasteiger partial charge on any atom is -0.373 e. The first-order valence-corrected chi connectivity index (χ1v) is 13.0. The van der Waals surface area contributed by atoms with Crippen LogP contribution in [0.2, 0.25) is 0 Å². The number of hydrazone groups is 1. The van der Waals surface area contributed by atoms with E-state index in [4.69, 9.17) is 15.9 Å². The summed E-state index contributed by atoms with van der Waals surface area (Å²) < 4.78 is 81.4. The van der Waals surface area contributed by atoms with Crippen LogP contribution in [-0.2, 0) is 25.4 Å². The molecule has 4 N–H and O–H groups in total. The van der Waals surface area contributed by atoms with Gasteiger partial charge in [0.05, 0.1) is 11.1 Å². The van der Waals surface area contributed by atoms with Crippen molar-refractivity contribution in [1.29, 1.82) is 10.9 Å². The van der Waals surface area contributed by atoms with E-state index in [1.807, 2.05) is 32.6 Å². The molecule has 0 amide bonds. The summed E-state index contributed by atoms with van der Waals surface area (Å²) in [5, 5.41) is 18.6. The molecule has 0 unspecified atom stereocenters. The summed E-state index contributed by atoms with van der Waals surface area (Å²) in [7, 11) is 3.08. The molecule has 0 saturated heterocycles. The highest BCUT2D eigenvalue weighted by molar-refractivity contribution is 6.01. The molecule has 0 saturated carbocycles. The highest BCUT2D eigenvalue weighted by atomic mass is 19.4. The van der Waals surface area contributed by atoms with Crippen molar-refractivity contribution in [2.45, 2.75) is 60.1 Å². The summed E-state index contributed by atoms with van der Waals surface area (Å²) in [5.41, 5.74) is 7.91. The average Bonchev–Trinajstić information content (AvgIpc) is 2.88. The van der Waals surface area contributed by atoms with Crippen LogP contribution in [0.3, 0.4) is 0 Å². The normalized spacial score (nSPS) is 12.6. The maximum absolute atomic E-state index is 13.6. The van der Waals surface area contributed by atoms with Crippen molar-refractivity contribution in [2.75, 3.05) is 37.4 Å². The third-order valence-electron chi connectivity index (χ3n) is 6.04. The number of pyridine rings is 1. The van der Waals surface area contributed by atoms with Crippen LogP contribution in [0.4, 0.5) is 38.0 Å². The molecule has 0 aliphatic heterocycles. The van der Waals surface area contributed by atoms with Crippen molar-refractivity contribution in [3.05, 3.63) is 52.1 Å². The molecule has 2 aromatic rings. The molecular weight excluding hydrogens is 564 g/mol. The molecule has 232 valence electrons. The van der Waals surface area contributed by atoms with E-state index in [0.29, 0.717) is 48.0 Å². The maximum Gasteiger partial charge on any atom is 0.416 e. The number of alkyl halides is 6. The van der Waals surface area contributed by atoms with Gasteiger partial charge in [-0.2, -0.15) is 26.3 Å². The van der Waals surface area contributed by atoms with Crippen LogP contribution in [0.15, 0.2) is 34.5 Å². The van der Waals surface area contributed by atoms with Crippen molar-refractivity contribution in [1.82, 2.24) is 15.3 Å². The van der Waals surface area contributed by atoms with E-state index in [1.54, 1.807) is 20.0 Å². The summed E-state index contributed by atoms with van der Waals surface area (Å²) in [6.07, 6.45) is -10.0. The van der Waals surface area contributed by atoms with Gasteiger partial charge in [0.1, 0.15) is 11.6 Å². The van der Waals surface area contributed by atoms with Gasteiger partial charge in [0.2, 0.25) is 0 Å². The SMILES string of the molecule is CCN(CC(C)(C)C)c1nc(NC)c(C(C)=N)cc1CN(Cc1cc(C(F)(F)F)cc(C(F)(F)F)c1)/C(N=N)=N/NC. The second-order valence-corrected chi connectivity index (χ2v) is 10.8. The molecule has 0 bridgehead atoms. The molecule has 2 rings (SSSR count). The van der Waals surface area contributed by atoms with Gasteiger partial charge >= 0.3 is 12.4 Å². The Kier molecular flexibility index (Phi) is 10.9. The molecule has 0 aliphatic carbocycles. The summed E-state index contributed by atoms with van der Waals surface area (Å²) in [5.74, 6) is 0.654. The molecule has 0 fully saturated rings. The largest absolute Gasteiger partial charge is 0.416 e. The molecule has 42 heavy (non-hydrogen) atoms. The second kappa shape index (κ2) is 13.4. The number of rotatable bonds is 10. The lowest BCUT2D eigenvalue weighted by molar-refractivity contribution is -0.143. The highest BCUT2D eigenvalue weighted by Gasteiger charge is 2.37. The van der Waals surface area contributed by atoms with Crippen LogP contribution in [0.25, 0.3) is 0 Å². The van der Waals surface area contributed by atoms with Gasteiger partial charge < -0.3 is 26.0 Å². The Morgan fingerprint density at radius 1 is 0.952 bits per heavy atom. The Morgan fingerprint density at radius 2 is 1.52 bits per heavy atom. The van der Waals surface area contributed by atoms with E-state index >= 15 is 0 Å². The minimum absolute atomic E-state index is 0.0640. The topological polar surface area (TPSA) is 116 Å². The van der Waals surface area contributed by atoms with Gasteiger partial charge in [-0.3, -0.25) is 0 Å². The molecule has 0 radical (unpaired) electrons. The van der Waals surface area contributed by atoms with E-state index in [-0.39, 0.29) is 35.3 Å². The fraction of sp³-hybridized carbons (Fsp3) is 0.519.